The zero-order valence-corrected chi connectivity index (χ0v) is 22.4. The fourth-order valence-corrected chi connectivity index (χ4v) is 7.58. The number of rotatable bonds is 6. The van der Waals surface area contributed by atoms with Gasteiger partial charge in [0.05, 0.1) is 7.11 Å². The number of benzene rings is 1. The summed E-state index contributed by atoms with van der Waals surface area (Å²) in [4.78, 5) is 13.8. The summed E-state index contributed by atoms with van der Waals surface area (Å²) in [6.45, 7) is 4.03. The molecule has 9 nitrogen and oxygen atoms in total. The van der Waals surface area contributed by atoms with Gasteiger partial charge >= 0.3 is 5.97 Å². The standard InChI is InChI=1S/C23H32INO8S/c1-11-9-25(2)7-6-23(11)14(32-19-13(31-3)5-4-12(8-24)15(19)23)10-34-22-18(28)16(26)17(27)20(33-22)21(29)30/h4-5,11,14,16-18,20,22,26-28H,6-10H2,1-3H3,(H,29,30)/t11?,14?,16-,17?,18?,20-,22-,23?/m0/s1. The number of halogens is 1. The van der Waals surface area contributed by atoms with Crippen LogP contribution in [0.4, 0.5) is 0 Å². The van der Waals surface area contributed by atoms with Gasteiger partial charge in [-0.1, -0.05) is 35.6 Å². The van der Waals surface area contributed by atoms with Crippen molar-refractivity contribution in [3.05, 3.63) is 23.3 Å². The van der Waals surface area contributed by atoms with E-state index in [0.29, 0.717) is 11.5 Å². The van der Waals surface area contributed by atoms with Crippen LogP contribution in [0.5, 0.6) is 11.5 Å². The van der Waals surface area contributed by atoms with E-state index in [1.807, 2.05) is 6.07 Å². The Labute approximate surface area is 216 Å². The largest absolute Gasteiger partial charge is 0.493 e. The zero-order chi connectivity index (χ0) is 24.8. The number of nitrogens with zero attached hydrogens (tertiary/aromatic N) is 1. The molecule has 34 heavy (non-hydrogen) atoms. The highest BCUT2D eigenvalue weighted by Gasteiger charge is 2.56. The van der Waals surface area contributed by atoms with Gasteiger partial charge in [-0.2, -0.15) is 0 Å². The number of piperidine rings is 1. The fraction of sp³-hybridized carbons (Fsp3) is 0.696. The van der Waals surface area contributed by atoms with Crippen LogP contribution in [-0.4, -0.2) is 100 Å². The van der Waals surface area contributed by atoms with Crippen molar-refractivity contribution in [2.24, 2.45) is 5.92 Å². The van der Waals surface area contributed by atoms with E-state index in [4.69, 9.17) is 14.2 Å². The van der Waals surface area contributed by atoms with E-state index in [9.17, 15) is 25.2 Å². The Morgan fingerprint density at radius 3 is 2.65 bits per heavy atom. The molecule has 0 radical (unpaired) electrons. The van der Waals surface area contributed by atoms with Crippen LogP contribution in [0.15, 0.2) is 12.1 Å². The number of hydrogen-bond acceptors (Lipinski definition) is 9. The van der Waals surface area contributed by atoms with Crippen molar-refractivity contribution in [2.75, 3.05) is 33.0 Å². The highest BCUT2D eigenvalue weighted by Crippen LogP contribution is 2.57. The molecule has 5 unspecified atom stereocenters. The van der Waals surface area contributed by atoms with Crippen LogP contribution >= 0.6 is 34.4 Å². The Morgan fingerprint density at radius 1 is 1.29 bits per heavy atom. The van der Waals surface area contributed by atoms with Gasteiger partial charge in [-0.25, -0.2) is 4.79 Å². The number of carboxylic acid groups (broad SMARTS) is 1. The van der Waals surface area contributed by atoms with Crippen LogP contribution in [0.25, 0.3) is 0 Å². The summed E-state index contributed by atoms with van der Waals surface area (Å²) < 4.78 is 18.6. The van der Waals surface area contributed by atoms with Crippen molar-refractivity contribution in [2.45, 2.75) is 59.1 Å². The maximum Gasteiger partial charge on any atom is 0.335 e. The molecule has 4 N–H and O–H groups in total. The lowest BCUT2D eigenvalue weighted by atomic mass is 9.63. The molecule has 0 saturated carbocycles. The monoisotopic (exact) mass is 609 g/mol. The van der Waals surface area contributed by atoms with Crippen LogP contribution in [0.1, 0.15) is 24.5 Å². The predicted molar refractivity (Wildman–Crippen MR) is 135 cm³/mol. The number of thioether (sulfide) groups is 1. The number of likely N-dealkylation sites (tertiary alicyclic amines) is 1. The van der Waals surface area contributed by atoms with Gasteiger partial charge in [-0.05, 0) is 37.6 Å². The van der Waals surface area contributed by atoms with E-state index in [1.54, 1.807) is 7.11 Å². The first-order valence-electron chi connectivity index (χ1n) is 11.3. The van der Waals surface area contributed by atoms with Crippen LogP contribution < -0.4 is 9.47 Å². The van der Waals surface area contributed by atoms with Gasteiger partial charge < -0.3 is 39.5 Å². The van der Waals surface area contributed by atoms with Gasteiger partial charge in [0, 0.05) is 27.7 Å². The topological polar surface area (TPSA) is 129 Å². The van der Waals surface area contributed by atoms with Crippen molar-refractivity contribution >= 4 is 40.3 Å². The van der Waals surface area contributed by atoms with Gasteiger partial charge in [-0.15, -0.1) is 11.8 Å². The molecule has 1 aromatic rings. The quantitative estimate of drug-likeness (QED) is 0.276. The summed E-state index contributed by atoms with van der Waals surface area (Å²) in [5.41, 5.74) is 1.08. The van der Waals surface area contributed by atoms with Crippen LogP contribution in [0.3, 0.4) is 0 Å². The number of aliphatic carboxylic acids is 1. The summed E-state index contributed by atoms with van der Waals surface area (Å²) in [6, 6.07) is 4.03. The van der Waals surface area contributed by atoms with Crippen molar-refractivity contribution in [1.29, 1.82) is 0 Å². The number of fused-ring (bicyclic) bond motifs is 2. The lowest BCUT2D eigenvalue weighted by Gasteiger charge is -2.47. The van der Waals surface area contributed by atoms with Gasteiger partial charge in [0.2, 0.25) is 0 Å². The molecule has 0 amide bonds. The Morgan fingerprint density at radius 2 is 2.03 bits per heavy atom. The molecular weight excluding hydrogens is 577 g/mol. The molecule has 3 heterocycles. The van der Waals surface area contributed by atoms with Crippen molar-refractivity contribution in [1.82, 2.24) is 4.90 Å². The number of ether oxygens (including phenoxy) is 3. The predicted octanol–water partition coefficient (Wildman–Crippen LogP) is 1.23. The van der Waals surface area contributed by atoms with E-state index in [2.05, 4.69) is 47.5 Å². The third kappa shape index (κ3) is 4.31. The smallest absolute Gasteiger partial charge is 0.335 e. The number of alkyl halides is 1. The lowest BCUT2D eigenvalue weighted by molar-refractivity contribution is -0.209. The minimum Gasteiger partial charge on any atom is -0.493 e. The number of carbonyl (C=O) groups is 1. The number of methoxy groups -OCH3 is 1. The normalized spacial score (nSPS) is 37.9. The summed E-state index contributed by atoms with van der Waals surface area (Å²) in [7, 11) is 3.74. The van der Waals surface area contributed by atoms with Gasteiger partial charge in [0.15, 0.2) is 17.6 Å². The minimum absolute atomic E-state index is 0.266. The van der Waals surface area contributed by atoms with Crippen molar-refractivity contribution in [3.8, 4) is 11.5 Å². The average molecular weight is 609 g/mol. The molecule has 11 heteroatoms. The lowest BCUT2D eigenvalue weighted by Crippen LogP contribution is -2.59. The molecule has 190 valence electrons. The van der Waals surface area contributed by atoms with Crippen LogP contribution in [0.2, 0.25) is 0 Å². The second kappa shape index (κ2) is 10.3. The maximum absolute atomic E-state index is 11.5. The Hall–Kier alpha value is -0.830. The molecule has 0 aromatic heterocycles. The first-order valence-corrected chi connectivity index (χ1v) is 13.9. The molecule has 3 aliphatic rings. The van der Waals surface area contributed by atoms with E-state index in [1.165, 1.54) is 22.9 Å². The second-order valence-corrected chi connectivity index (χ2v) is 11.3. The zero-order valence-electron chi connectivity index (χ0n) is 19.4. The van der Waals surface area contributed by atoms with Crippen LogP contribution in [0, 0.1) is 5.92 Å². The Bertz CT molecular complexity index is 921. The summed E-state index contributed by atoms with van der Waals surface area (Å²) in [5.74, 6) is 0.722. The average Bonchev–Trinajstić information content (AvgIpc) is 3.14. The van der Waals surface area contributed by atoms with Crippen molar-refractivity contribution in [3.63, 3.8) is 0 Å². The first kappa shape index (κ1) is 26.2. The summed E-state index contributed by atoms with van der Waals surface area (Å²) in [5, 5.41) is 40.1. The van der Waals surface area contributed by atoms with Crippen LogP contribution in [-0.2, 0) is 19.4 Å². The van der Waals surface area contributed by atoms with E-state index >= 15 is 0 Å². The molecule has 1 spiro atoms. The third-order valence-electron chi connectivity index (χ3n) is 7.47. The molecule has 0 bridgehead atoms. The molecule has 2 fully saturated rings. The molecular formula is C23H32INO8S. The summed E-state index contributed by atoms with van der Waals surface area (Å²) in [6.07, 6.45) is -5.74. The molecule has 3 aliphatic heterocycles. The SMILES string of the molecule is COc1ccc(CI)c2c1OC(CS[C@@H]1O[C@H](C(=O)O)C(O)[C@H](O)C1O)C21CCN(C)CC1C. The molecule has 0 aliphatic carbocycles. The van der Waals surface area contributed by atoms with Crippen molar-refractivity contribution < 1.29 is 39.4 Å². The number of hydrogen-bond donors (Lipinski definition) is 4. The van der Waals surface area contributed by atoms with Gasteiger partial charge in [0.25, 0.3) is 0 Å². The first-order chi connectivity index (χ1) is 16.1. The van der Waals surface area contributed by atoms with Gasteiger partial charge in [0.1, 0.15) is 29.9 Å². The maximum atomic E-state index is 11.5. The van der Waals surface area contributed by atoms with Gasteiger partial charge in [-0.3, -0.25) is 0 Å². The highest BCUT2D eigenvalue weighted by atomic mass is 127. The Balaban J connectivity index is 1.65. The molecule has 2 saturated heterocycles. The van der Waals surface area contributed by atoms with E-state index in [0.717, 1.165) is 29.7 Å². The number of aliphatic hydroxyl groups excluding tert-OH is 3. The summed E-state index contributed by atoms with van der Waals surface area (Å²) >= 11 is 3.58. The van der Waals surface area contributed by atoms with E-state index in [-0.39, 0.29) is 17.4 Å². The molecule has 1 aromatic carbocycles. The fourth-order valence-electron chi connectivity index (χ4n) is 5.66. The third-order valence-corrected chi connectivity index (χ3v) is 9.50. The van der Waals surface area contributed by atoms with E-state index < -0.39 is 35.8 Å². The number of carboxylic acids is 1. The molecule has 8 atom stereocenters. The minimum atomic E-state index is -1.70. The molecule has 4 rings (SSSR count). The number of aliphatic hydroxyl groups is 3. The Kier molecular flexibility index (Phi) is 7.92. The highest BCUT2D eigenvalue weighted by molar-refractivity contribution is 14.1. The second-order valence-electron chi connectivity index (χ2n) is 9.39.